The highest BCUT2D eigenvalue weighted by Crippen LogP contribution is 2.46. The van der Waals surface area contributed by atoms with Crippen LogP contribution >= 0.6 is 11.6 Å². The van der Waals surface area contributed by atoms with Gasteiger partial charge < -0.3 is 9.64 Å². The summed E-state index contributed by atoms with van der Waals surface area (Å²) in [7, 11) is 0. The minimum absolute atomic E-state index is 0.0928. The van der Waals surface area contributed by atoms with E-state index >= 15 is 0 Å². The molecule has 2 atom stereocenters. The van der Waals surface area contributed by atoms with Crippen LogP contribution in [0.3, 0.4) is 0 Å². The third-order valence-corrected chi connectivity index (χ3v) is 6.91. The van der Waals surface area contributed by atoms with Crippen LogP contribution in [0.25, 0.3) is 0 Å². The van der Waals surface area contributed by atoms with Gasteiger partial charge in [0.2, 0.25) is 0 Å². The van der Waals surface area contributed by atoms with Crippen LogP contribution in [0.15, 0.2) is 60.7 Å². The number of nitro groups is 1. The molecule has 0 spiro atoms. The molecule has 1 fully saturated rings. The number of carbonyl (C=O) groups excluding carboxylic acids is 3. The summed E-state index contributed by atoms with van der Waals surface area (Å²) in [5, 5.41) is 12.0. The zero-order valence-electron chi connectivity index (χ0n) is 19.3. The summed E-state index contributed by atoms with van der Waals surface area (Å²) in [4.78, 5) is 53.5. The normalized spacial score (nSPS) is 18.8. The minimum Gasteiger partial charge on any atom is -0.494 e. The maximum absolute atomic E-state index is 13.6. The van der Waals surface area contributed by atoms with Gasteiger partial charge >= 0.3 is 0 Å². The first kappa shape index (κ1) is 23.5. The Bertz CT molecular complexity index is 1440. The molecule has 9 nitrogen and oxygen atoms in total. The van der Waals surface area contributed by atoms with Crippen LogP contribution in [-0.4, -0.2) is 40.2 Å². The Labute approximate surface area is 211 Å². The number of halogens is 1. The van der Waals surface area contributed by atoms with Crippen molar-refractivity contribution in [3.63, 3.8) is 0 Å². The summed E-state index contributed by atoms with van der Waals surface area (Å²) < 4.78 is 5.52. The number of hydrogen-bond donors (Lipinski definition) is 0. The van der Waals surface area contributed by atoms with Gasteiger partial charge in [-0.2, -0.15) is 0 Å². The number of nitro benzene ring substituents is 1. The summed E-state index contributed by atoms with van der Waals surface area (Å²) in [6, 6.07) is 14.1. The van der Waals surface area contributed by atoms with Crippen molar-refractivity contribution in [1.29, 1.82) is 0 Å². The zero-order chi connectivity index (χ0) is 25.7. The molecule has 0 radical (unpaired) electrons. The number of rotatable bonds is 6. The lowest BCUT2D eigenvalue weighted by atomic mass is 9.85. The predicted octanol–water partition coefficient (Wildman–Crippen LogP) is 4.71. The van der Waals surface area contributed by atoms with E-state index in [2.05, 4.69) is 0 Å². The molecule has 0 N–H and O–H groups in total. The minimum atomic E-state index is -1.19. The maximum atomic E-state index is 13.6. The van der Waals surface area contributed by atoms with E-state index in [0.717, 1.165) is 4.90 Å². The third-order valence-electron chi connectivity index (χ3n) is 6.50. The molecular weight excluding hydrogens is 486 g/mol. The second-order valence-electron chi connectivity index (χ2n) is 8.42. The highest BCUT2D eigenvalue weighted by molar-refractivity contribution is 6.32. The Balaban J connectivity index is 1.61. The van der Waals surface area contributed by atoms with Gasteiger partial charge in [-0.3, -0.25) is 29.4 Å². The van der Waals surface area contributed by atoms with Gasteiger partial charge in [0.25, 0.3) is 23.4 Å². The van der Waals surface area contributed by atoms with Crippen molar-refractivity contribution >= 4 is 40.7 Å². The molecule has 2 aliphatic heterocycles. The molecule has 1 saturated heterocycles. The van der Waals surface area contributed by atoms with Crippen LogP contribution in [0.5, 0.6) is 5.75 Å². The van der Waals surface area contributed by atoms with Crippen molar-refractivity contribution in [2.24, 2.45) is 0 Å². The standard InChI is InChI=1S/C26H20ClN3O6/c1-3-36-16-12-10-15(11-13-16)22-23(26(33)28(22)19-8-5-7-18(27)14(19)2)29-24(31)17-6-4-9-20(30(34)35)21(17)25(29)32/h4-13,22-23H,3H2,1-2H3/t22-,23-/m0/s1. The van der Waals surface area contributed by atoms with Crippen LogP contribution in [0.1, 0.15) is 44.8 Å². The molecule has 3 aromatic carbocycles. The summed E-state index contributed by atoms with van der Waals surface area (Å²) in [6.07, 6.45) is 0. The first-order chi connectivity index (χ1) is 17.3. The number of imide groups is 1. The molecule has 3 amide bonds. The fraction of sp³-hybridized carbons (Fsp3) is 0.192. The van der Waals surface area contributed by atoms with Gasteiger partial charge in [0.15, 0.2) is 0 Å². The largest absolute Gasteiger partial charge is 0.494 e. The third kappa shape index (κ3) is 3.43. The molecule has 0 bridgehead atoms. The number of amides is 3. The number of carbonyl (C=O) groups is 3. The van der Waals surface area contributed by atoms with Gasteiger partial charge in [0.05, 0.1) is 23.1 Å². The molecular formula is C26H20ClN3O6. The van der Waals surface area contributed by atoms with Gasteiger partial charge in [0.1, 0.15) is 17.4 Å². The number of fused-ring (bicyclic) bond motifs is 1. The lowest BCUT2D eigenvalue weighted by Crippen LogP contribution is -2.67. The lowest BCUT2D eigenvalue weighted by molar-refractivity contribution is -0.385. The van der Waals surface area contributed by atoms with Gasteiger partial charge in [-0.1, -0.05) is 35.9 Å². The van der Waals surface area contributed by atoms with Crippen LogP contribution in [-0.2, 0) is 4.79 Å². The van der Waals surface area contributed by atoms with E-state index in [0.29, 0.717) is 34.2 Å². The molecule has 0 aliphatic carbocycles. The van der Waals surface area contributed by atoms with E-state index in [9.17, 15) is 24.5 Å². The summed E-state index contributed by atoms with van der Waals surface area (Å²) >= 11 is 6.32. The quantitative estimate of drug-likeness (QED) is 0.208. The lowest BCUT2D eigenvalue weighted by Gasteiger charge is -2.50. The van der Waals surface area contributed by atoms with Crippen molar-refractivity contribution in [3.8, 4) is 5.75 Å². The van der Waals surface area contributed by atoms with E-state index in [1.165, 1.54) is 23.1 Å². The number of benzene rings is 3. The summed E-state index contributed by atoms with van der Waals surface area (Å²) in [5.74, 6) is -1.46. The van der Waals surface area contributed by atoms with E-state index < -0.39 is 40.4 Å². The first-order valence-corrected chi connectivity index (χ1v) is 11.6. The number of anilines is 1. The first-order valence-electron chi connectivity index (χ1n) is 11.2. The van der Waals surface area contributed by atoms with Gasteiger partial charge in [0, 0.05) is 16.8 Å². The van der Waals surface area contributed by atoms with Gasteiger partial charge in [-0.15, -0.1) is 0 Å². The Kier molecular flexibility index (Phi) is 5.72. The molecule has 10 heteroatoms. The second-order valence-corrected chi connectivity index (χ2v) is 8.83. The van der Waals surface area contributed by atoms with Crippen molar-refractivity contribution in [2.45, 2.75) is 25.9 Å². The number of ether oxygens (including phenoxy) is 1. The topological polar surface area (TPSA) is 110 Å². The predicted molar refractivity (Wildman–Crippen MR) is 131 cm³/mol. The Morgan fingerprint density at radius 2 is 1.64 bits per heavy atom. The van der Waals surface area contributed by atoms with Gasteiger partial charge in [-0.05, 0) is 55.3 Å². The second kappa shape index (κ2) is 8.76. The summed E-state index contributed by atoms with van der Waals surface area (Å²) in [6.45, 7) is 4.12. The van der Waals surface area contributed by atoms with Crippen LogP contribution in [0.4, 0.5) is 11.4 Å². The highest BCUT2D eigenvalue weighted by Gasteiger charge is 2.58. The fourth-order valence-electron chi connectivity index (χ4n) is 4.80. The molecule has 0 unspecified atom stereocenters. The van der Waals surface area contributed by atoms with Crippen molar-refractivity contribution in [2.75, 3.05) is 11.5 Å². The number of nitrogens with zero attached hydrogens (tertiary/aromatic N) is 3. The van der Waals surface area contributed by atoms with E-state index in [1.807, 2.05) is 6.92 Å². The highest BCUT2D eigenvalue weighted by atomic mass is 35.5. The average molecular weight is 506 g/mol. The van der Waals surface area contributed by atoms with Crippen molar-refractivity contribution in [1.82, 2.24) is 4.90 Å². The van der Waals surface area contributed by atoms with Gasteiger partial charge in [-0.25, -0.2) is 0 Å². The van der Waals surface area contributed by atoms with E-state index in [-0.39, 0.29) is 11.1 Å². The van der Waals surface area contributed by atoms with Crippen LogP contribution in [0, 0.1) is 17.0 Å². The van der Waals surface area contributed by atoms with E-state index in [1.54, 1.807) is 49.4 Å². The zero-order valence-corrected chi connectivity index (χ0v) is 20.1. The van der Waals surface area contributed by atoms with E-state index in [4.69, 9.17) is 16.3 Å². The Hall–Kier alpha value is -4.24. The Morgan fingerprint density at radius 1 is 0.944 bits per heavy atom. The molecule has 5 rings (SSSR count). The molecule has 0 aromatic heterocycles. The molecule has 36 heavy (non-hydrogen) atoms. The molecule has 2 heterocycles. The van der Waals surface area contributed by atoms with Crippen LogP contribution < -0.4 is 9.64 Å². The molecule has 182 valence electrons. The molecule has 0 saturated carbocycles. The van der Waals surface area contributed by atoms with Crippen molar-refractivity contribution < 1.29 is 24.0 Å². The Morgan fingerprint density at radius 3 is 2.31 bits per heavy atom. The fourth-order valence-corrected chi connectivity index (χ4v) is 4.97. The molecule has 2 aliphatic rings. The molecule has 3 aromatic rings. The number of β-lactam (4-membered cyclic amide) rings is 1. The van der Waals surface area contributed by atoms with Crippen LogP contribution in [0.2, 0.25) is 5.02 Å². The SMILES string of the molecule is CCOc1ccc([C@H]2[C@H](N3C(=O)c4cccc([N+](=O)[O-])c4C3=O)C(=O)N2c2cccc(Cl)c2C)cc1. The van der Waals surface area contributed by atoms with Crippen molar-refractivity contribution in [3.05, 3.63) is 98.1 Å². The monoisotopic (exact) mass is 505 g/mol. The smallest absolute Gasteiger partial charge is 0.282 e. The summed E-state index contributed by atoms with van der Waals surface area (Å²) in [5.41, 5.74) is 1.01. The number of hydrogen-bond acceptors (Lipinski definition) is 6. The average Bonchev–Trinajstić information content (AvgIpc) is 3.11. The maximum Gasteiger partial charge on any atom is 0.282 e.